The third kappa shape index (κ3) is 3.91. The van der Waals surface area contributed by atoms with Gasteiger partial charge in [0.15, 0.2) is 5.65 Å². The molecule has 0 unspecified atom stereocenters. The third-order valence-electron chi connectivity index (χ3n) is 4.76. The maximum Gasteiger partial charge on any atom is 0.264 e. The molecular weight excluding hydrogens is 352 g/mol. The molecule has 8 heteroatoms. The molecule has 0 radical (unpaired) electrons. The third-order valence-corrected chi connectivity index (χ3v) is 4.76. The minimum atomic E-state index is -2.60. The van der Waals surface area contributed by atoms with Crippen LogP contribution in [0.4, 0.5) is 14.5 Å². The maximum absolute atomic E-state index is 13.6. The van der Waals surface area contributed by atoms with E-state index in [1.165, 1.54) is 6.07 Å². The number of nitrogens with two attached hydrogens (primary N) is 1. The van der Waals surface area contributed by atoms with Crippen LogP contribution in [0.2, 0.25) is 0 Å². The fourth-order valence-corrected chi connectivity index (χ4v) is 3.23. The van der Waals surface area contributed by atoms with Crippen LogP contribution in [0.25, 0.3) is 22.3 Å². The van der Waals surface area contributed by atoms with Gasteiger partial charge in [0.05, 0.1) is 25.5 Å². The van der Waals surface area contributed by atoms with E-state index in [1.54, 1.807) is 35.1 Å². The summed E-state index contributed by atoms with van der Waals surface area (Å²) in [5, 5.41) is 4.83. The van der Waals surface area contributed by atoms with E-state index in [9.17, 15) is 8.78 Å². The highest BCUT2D eigenvalue weighted by atomic mass is 19.3. The average Bonchev–Trinajstić information content (AvgIpc) is 3.10. The number of halogens is 2. The summed E-state index contributed by atoms with van der Waals surface area (Å²) in [5.41, 5.74) is 7.80. The first-order valence-corrected chi connectivity index (χ1v) is 8.92. The van der Waals surface area contributed by atoms with Crippen LogP contribution in [-0.2, 0) is 11.3 Å². The molecular formula is C19H21F2N5O. The molecule has 4 rings (SSSR count). The molecule has 1 aliphatic rings. The lowest BCUT2D eigenvalue weighted by Crippen LogP contribution is -2.38. The predicted molar refractivity (Wildman–Crippen MR) is 99.6 cm³/mol. The molecule has 0 saturated carbocycles. The van der Waals surface area contributed by atoms with Crippen LogP contribution in [0.15, 0.2) is 36.5 Å². The van der Waals surface area contributed by atoms with E-state index < -0.39 is 6.43 Å². The average molecular weight is 373 g/mol. The van der Waals surface area contributed by atoms with Gasteiger partial charge in [0.2, 0.25) is 0 Å². The summed E-state index contributed by atoms with van der Waals surface area (Å²) >= 11 is 0. The monoisotopic (exact) mass is 373 g/mol. The van der Waals surface area contributed by atoms with Gasteiger partial charge in [0.1, 0.15) is 0 Å². The summed E-state index contributed by atoms with van der Waals surface area (Å²) in [6, 6.07) is 8.43. The van der Waals surface area contributed by atoms with Crippen LogP contribution in [0, 0.1) is 0 Å². The van der Waals surface area contributed by atoms with Crippen molar-refractivity contribution in [2.24, 2.45) is 0 Å². The first-order chi connectivity index (χ1) is 13.1. The number of pyridine rings is 1. The second kappa shape index (κ2) is 7.58. The Morgan fingerprint density at radius 3 is 2.56 bits per heavy atom. The van der Waals surface area contributed by atoms with Crippen molar-refractivity contribution in [3.63, 3.8) is 0 Å². The molecule has 1 aromatic carbocycles. The number of nitrogen functional groups attached to an aromatic ring is 1. The van der Waals surface area contributed by atoms with Gasteiger partial charge >= 0.3 is 0 Å². The molecule has 0 spiro atoms. The highest BCUT2D eigenvalue weighted by Gasteiger charge is 2.18. The zero-order valence-electron chi connectivity index (χ0n) is 14.8. The quantitative estimate of drug-likeness (QED) is 0.697. The number of morpholine rings is 1. The first kappa shape index (κ1) is 17.8. The standard InChI is InChI=1S/C19H21F2N5O/c20-18(21)15-11-17(13-1-3-14(22)4-2-13)23-19-16(15)12-26(24-19)6-5-25-7-9-27-10-8-25/h1-4,11-12,18H,5-10,22H2. The molecule has 1 saturated heterocycles. The zero-order chi connectivity index (χ0) is 18.8. The van der Waals surface area contributed by atoms with Crippen molar-refractivity contribution in [1.29, 1.82) is 0 Å². The summed E-state index contributed by atoms with van der Waals surface area (Å²) in [7, 11) is 0. The minimum absolute atomic E-state index is 0.0514. The van der Waals surface area contributed by atoms with E-state index in [4.69, 9.17) is 10.5 Å². The number of hydrogen-bond donors (Lipinski definition) is 1. The van der Waals surface area contributed by atoms with Crippen LogP contribution >= 0.6 is 0 Å². The number of anilines is 1. The molecule has 0 atom stereocenters. The van der Waals surface area contributed by atoms with Crippen LogP contribution in [0.1, 0.15) is 12.0 Å². The number of alkyl halides is 2. The number of aromatic nitrogens is 3. The van der Waals surface area contributed by atoms with E-state index in [1.807, 2.05) is 0 Å². The molecule has 2 N–H and O–H groups in total. The summed E-state index contributed by atoms with van der Waals surface area (Å²) in [6.45, 7) is 4.62. The van der Waals surface area contributed by atoms with Crippen molar-refractivity contribution in [3.05, 3.63) is 42.1 Å². The molecule has 0 aliphatic carbocycles. The number of nitrogens with zero attached hydrogens (tertiary/aromatic N) is 4. The second-order valence-corrected chi connectivity index (χ2v) is 6.60. The Balaban J connectivity index is 1.64. The van der Waals surface area contributed by atoms with E-state index in [0.29, 0.717) is 29.0 Å². The predicted octanol–water partition coefficient (Wildman–Crippen LogP) is 2.95. The number of benzene rings is 1. The Bertz CT molecular complexity index is 920. The van der Waals surface area contributed by atoms with Gasteiger partial charge < -0.3 is 10.5 Å². The highest BCUT2D eigenvalue weighted by Crippen LogP contribution is 2.31. The Kier molecular flexibility index (Phi) is 5.00. The Morgan fingerprint density at radius 2 is 1.85 bits per heavy atom. The molecule has 3 heterocycles. The Labute approximate surface area is 155 Å². The molecule has 27 heavy (non-hydrogen) atoms. The fraction of sp³-hybridized carbons (Fsp3) is 0.368. The molecule has 1 aliphatic heterocycles. The molecule has 142 valence electrons. The van der Waals surface area contributed by atoms with Crippen molar-refractivity contribution < 1.29 is 13.5 Å². The lowest BCUT2D eigenvalue weighted by atomic mass is 10.1. The van der Waals surface area contributed by atoms with Gasteiger partial charge in [-0.25, -0.2) is 13.8 Å². The van der Waals surface area contributed by atoms with E-state index in [-0.39, 0.29) is 5.56 Å². The lowest BCUT2D eigenvalue weighted by Gasteiger charge is -2.26. The zero-order valence-corrected chi connectivity index (χ0v) is 14.8. The Hall–Kier alpha value is -2.58. The number of fused-ring (bicyclic) bond motifs is 1. The molecule has 6 nitrogen and oxygen atoms in total. The molecule has 1 fully saturated rings. The van der Waals surface area contributed by atoms with Gasteiger partial charge in [-0.15, -0.1) is 0 Å². The van der Waals surface area contributed by atoms with E-state index in [0.717, 1.165) is 38.4 Å². The number of hydrogen-bond acceptors (Lipinski definition) is 5. The van der Waals surface area contributed by atoms with E-state index >= 15 is 0 Å². The highest BCUT2D eigenvalue weighted by molar-refractivity contribution is 5.82. The number of ether oxygens (including phenoxy) is 1. The lowest BCUT2D eigenvalue weighted by molar-refractivity contribution is 0.0360. The normalized spacial score (nSPS) is 15.7. The van der Waals surface area contributed by atoms with Crippen LogP contribution < -0.4 is 5.73 Å². The maximum atomic E-state index is 13.6. The molecule has 0 bridgehead atoms. The van der Waals surface area contributed by atoms with Crippen molar-refractivity contribution in [1.82, 2.24) is 19.7 Å². The van der Waals surface area contributed by atoms with Crippen LogP contribution in [-0.4, -0.2) is 52.5 Å². The molecule has 3 aromatic rings. The van der Waals surface area contributed by atoms with Crippen molar-refractivity contribution in [3.8, 4) is 11.3 Å². The topological polar surface area (TPSA) is 69.2 Å². The van der Waals surface area contributed by atoms with Gasteiger partial charge in [-0.2, -0.15) is 5.10 Å². The minimum Gasteiger partial charge on any atom is -0.399 e. The van der Waals surface area contributed by atoms with E-state index in [2.05, 4.69) is 15.0 Å². The smallest absolute Gasteiger partial charge is 0.264 e. The summed E-state index contributed by atoms with van der Waals surface area (Å²) in [4.78, 5) is 6.77. The fourth-order valence-electron chi connectivity index (χ4n) is 3.23. The summed E-state index contributed by atoms with van der Waals surface area (Å²) < 4.78 is 34.3. The van der Waals surface area contributed by atoms with Gasteiger partial charge in [0.25, 0.3) is 6.43 Å². The SMILES string of the molecule is Nc1ccc(-c2cc(C(F)F)c3cn(CCN4CCOCC4)nc3n2)cc1. The second-order valence-electron chi connectivity index (χ2n) is 6.60. The van der Waals surface area contributed by atoms with Gasteiger partial charge in [-0.3, -0.25) is 9.58 Å². The Morgan fingerprint density at radius 1 is 1.11 bits per heavy atom. The van der Waals surface area contributed by atoms with Gasteiger partial charge in [-0.1, -0.05) is 12.1 Å². The summed E-state index contributed by atoms with van der Waals surface area (Å²) in [6.07, 6.45) is -0.934. The van der Waals surface area contributed by atoms with Gasteiger partial charge in [0, 0.05) is 48.0 Å². The van der Waals surface area contributed by atoms with Crippen molar-refractivity contribution >= 4 is 16.7 Å². The molecule has 2 aromatic heterocycles. The van der Waals surface area contributed by atoms with Gasteiger partial charge in [-0.05, 0) is 18.2 Å². The van der Waals surface area contributed by atoms with Crippen LogP contribution in [0.5, 0.6) is 0 Å². The van der Waals surface area contributed by atoms with Crippen LogP contribution in [0.3, 0.4) is 0 Å². The number of rotatable bonds is 5. The first-order valence-electron chi connectivity index (χ1n) is 8.92. The molecule has 0 amide bonds. The summed E-state index contributed by atoms with van der Waals surface area (Å²) in [5.74, 6) is 0. The van der Waals surface area contributed by atoms with Crippen molar-refractivity contribution in [2.45, 2.75) is 13.0 Å². The largest absolute Gasteiger partial charge is 0.399 e. The van der Waals surface area contributed by atoms with Crippen molar-refractivity contribution in [2.75, 3.05) is 38.6 Å².